The van der Waals surface area contributed by atoms with Gasteiger partial charge in [-0.1, -0.05) is 18.2 Å². The standard InChI is InChI=1S/C16H15N3O4/c1-12-11-14(23-16(20)15-17-7-9-22-15)19(18-12)8-10-21-13-5-3-2-4-6-13/h2-7,9,11H,8,10H2,1H3. The van der Waals surface area contributed by atoms with Gasteiger partial charge in [0.15, 0.2) is 0 Å². The molecule has 0 bridgehead atoms. The van der Waals surface area contributed by atoms with E-state index < -0.39 is 5.97 Å². The maximum Gasteiger partial charge on any atom is 0.401 e. The highest BCUT2D eigenvalue weighted by molar-refractivity contribution is 5.85. The first-order valence-corrected chi connectivity index (χ1v) is 7.06. The third kappa shape index (κ3) is 3.76. The topological polar surface area (TPSA) is 79.4 Å². The number of benzene rings is 1. The van der Waals surface area contributed by atoms with Crippen molar-refractivity contribution in [1.82, 2.24) is 14.8 Å². The fraction of sp³-hybridized carbons (Fsp3) is 0.188. The zero-order valence-corrected chi connectivity index (χ0v) is 12.5. The van der Waals surface area contributed by atoms with Gasteiger partial charge in [-0.2, -0.15) is 5.10 Å². The summed E-state index contributed by atoms with van der Waals surface area (Å²) in [6, 6.07) is 11.1. The van der Waals surface area contributed by atoms with Crippen molar-refractivity contribution < 1.29 is 18.7 Å². The zero-order valence-electron chi connectivity index (χ0n) is 12.5. The molecule has 3 aromatic rings. The smallest absolute Gasteiger partial charge is 0.401 e. The molecule has 0 radical (unpaired) electrons. The molecule has 0 saturated carbocycles. The normalized spacial score (nSPS) is 10.5. The SMILES string of the molecule is Cc1cc(OC(=O)c2ncco2)n(CCOc2ccccc2)n1. The maximum atomic E-state index is 11.9. The molecule has 0 amide bonds. The van der Waals surface area contributed by atoms with Crippen molar-refractivity contribution in [2.45, 2.75) is 13.5 Å². The van der Waals surface area contributed by atoms with Gasteiger partial charge in [-0.05, 0) is 19.1 Å². The van der Waals surface area contributed by atoms with Crippen molar-refractivity contribution in [2.75, 3.05) is 6.61 Å². The molecule has 0 aliphatic carbocycles. The van der Waals surface area contributed by atoms with E-state index in [0.717, 1.165) is 11.4 Å². The summed E-state index contributed by atoms with van der Waals surface area (Å²) in [6.07, 6.45) is 2.69. The lowest BCUT2D eigenvalue weighted by Crippen LogP contribution is -2.15. The van der Waals surface area contributed by atoms with Crippen molar-refractivity contribution >= 4 is 5.97 Å². The molecule has 118 valence electrons. The van der Waals surface area contributed by atoms with E-state index in [0.29, 0.717) is 19.0 Å². The summed E-state index contributed by atoms with van der Waals surface area (Å²) >= 11 is 0. The highest BCUT2D eigenvalue weighted by atomic mass is 16.6. The Morgan fingerprint density at radius 3 is 2.87 bits per heavy atom. The number of hydrogen-bond acceptors (Lipinski definition) is 6. The molecular formula is C16H15N3O4. The summed E-state index contributed by atoms with van der Waals surface area (Å²) in [7, 11) is 0. The van der Waals surface area contributed by atoms with E-state index >= 15 is 0 Å². The molecule has 0 fully saturated rings. The predicted molar refractivity (Wildman–Crippen MR) is 80.4 cm³/mol. The fourth-order valence-electron chi connectivity index (χ4n) is 1.99. The third-order valence-electron chi connectivity index (χ3n) is 2.98. The van der Waals surface area contributed by atoms with E-state index in [2.05, 4.69) is 10.1 Å². The minimum absolute atomic E-state index is 0.101. The Balaban J connectivity index is 1.62. The van der Waals surface area contributed by atoms with Crippen molar-refractivity contribution in [1.29, 1.82) is 0 Å². The van der Waals surface area contributed by atoms with Crippen LogP contribution in [0.3, 0.4) is 0 Å². The predicted octanol–water partition coefficient (Wildman–Crippen LogP) is 2.48. The van der Waals surface area contributed by atoms with Crippen LogP contribution in [0.2, 0.25) is 0 Å². The molecule has 23 heavy (non-hydrogen) atoms. The van der Waals surface area contributed by atoms with Crippen LogP contribution in [0.15, 0.2) is 53.3 Å². The Morgan fingerprint density at radius 1 is 1.30 bits per heavy atom. The molecule has 0 aliphatic rings. The molecule has 0 aliphatic heterocycles. The lowest BCUT2D eigenvalue weighted by molar-refractivity contribution is 0.0674. The molecule has 0 unspecified atom stereocenters. The van der Waals surface area contributed by atoms with Gasteiger partial charge in [0.1, 0.15) is 18.6 Å². The van der Waals surface area contributed by atoms with Crippen LogP contribution < -0.4 is 9.47 Å². The second-order valence-electron chi connectivity index (χ2n) is 4.74. The molecule has 2 heterocycles. The number of carbonyl (C=O) groups excluding carboxylic acids is 1. The van der Waals surface area contributed by atoms with Gasteiger partial charge in [0.25, 0.3) is 0 Å². The molecule has 0 spiro atoms. The lowest BCUT2D eigenvalue weighted by atomic mass is 10.3. The van der Waals surface area contributed by atoms with Crippen molar-refractivity contribution in [2.24, 2.45) is 0 Å². The Bertz CT molecular complexity index is 766. The van der Waals surface area contributed by atoms with Gasteiger partial charge in [-0.25, -0.2) is 14.5 Å². The number of oxazole rings is 1. The molecule has 7 nitrogen and oxygen atoms in total. The van der Waals surface area contributed by atoms with E-state index in [1.54, 1.807) is 10.7 Å². The Hall–Kier alpha value is -3.09. The molecule has 0 atom stereocenters. The summed E-state index contributed by atoms with van der Waals surface area (Å²) in [6.45, 7) is 2.66. The molecular weight excluding hydrogens is 298 g/mol. The van der Waals surface area contributed by atoms with Crippen LogP contribution in [-0.2, 0) is 6.54 Å². The molecule has 7 heteroatoms. The second-order valence-corrected chi connectivity index (χ2v) is 4.74. The van der Waals surface area contributed by atoms with Gasteiger partial charge in [0.05, 0.1) is 18.4 Å². The quantitative estimate of drug-likeness (QED) is 0.650. The van der Waals surface area contributed by atoms with Crippen LogP contribution in [-0.4, -0.2) is 27.3 Å². The van der Waals surface area contributed by atoms with Crippen LogP contribution >= 0.6 is 0 Å². The van der Waals surface area contributed by atoms with Gasteiger partial charge >= 0.3 is 11.9 Å². The highest BCUT2D eigenvalue weighted by Gasteiger charge is 2.17. The first kappa shape index (κ1) is 14.8. The molecule has 2 aromatic heterocycles. The van der Waals surface area contributed by atoms with Gasteiger partial charge in [-0.15, -0.1) is 0 Å². The monoisotopic (exact) mass is 313 g/mol. The molecule has 3 rings (SSSR count). The average molecular weight is 313 g/mol. The maximum absolute atomic E-state index is 11.9. The largest absolute Gasteiger partial charge is 0.492 e. The number of carbonyl (C=O) groups is 1. The van der Waals surface area contributed by atoms with Crippen LogP contribution in [0.1, 0.15) is 16.4 Å². The van der Waals surface area contributed by atoms with Crippen molar-refractivity contribution in [3.05, 3.63) is 60.4 Å². The van der Waals surface area contributed by atoms with Gasteiger partial charge < -0.3 is 13.9 Å². The van der Waals surface area contributed by atoms with E-state index in [9.17, 15) is 4.79 Å². The van der Waals surface area contributed by atoms with Crippen LogP contribution in [0.25, 0.3) is 0 Å². The number of para-hydroxylation sites is 1. The summed E-state index contributed by atoms with van der Waals surface area (Å²) in [4.78, 5) is 15.6. The van der Waals surface area contributed by atoms with Crippen LogP contribution in [0.4, 0.5) is 0 Å². The summed E-state index contributed by atoms with van der Waals surface area (Å²) < 4.78 is 17.4. The number of ether oxygens (including phenoxy) is 2. The van der Waals surface area contributed by atoms with Crippen molar-refractivity contribution in [3.63, 3.8) is 0 Å². The Kier molecular flexibility index (Phi) is 4.37. The van der Waals surface area contributed by atoms with Crippen LogP contribution in [0.5, 0.6) is 11.6 Å². The van der Waals surface area contributed by atoms with E-state index in [1.807, 2.05) is 37.3 Å². The van der Waals surface area contributed by atoms with Gasteiger partial charge in [-0.3, -0.25) is 0 Å². The summed E-state index contributed by atoms with van der Waals surface area (Å²) in [5.41, 5.74) is 0.736. The van der Waals surface area contributed by atoms with E-state index in [4.69, 9.17) is 13.9 Å². The highest BCUT2D eigenvalue weighted by Crippen LogP contribution is 2.15. The molecule has 0 saturated heterocycles. The molecule has 0 N–H and O–H groups in total. The fourth-order valence-corrected chi connectivity index (χ4v) is 1.99. The summed E-state index contributed by atoms with van der Waals surface area (Å²) in [5, 5.41) is 4.28. The number of aromatic nitrogens is 3. The van der Waals surface area contributed by atoms with Gasteiger partial charge in [0.2, 0.25) is 5.88 Å². The summed E-state index contributed by atoms with van der Waals surface area (Å²) in [5.74, 6) is 0.327. The minimum atomic E-state index is -0.667. The Labute approximate surface area is 132 Å². The number of esters is 1. The first-order chi connectivity index (χ1) is 11.2. The first-order valence-electron chi connectivity index (χ1n) is 7.06. The zero-order chi connectivity index (χ0) is 16.1. The number of hydrogen-bond donors (Lipinski definition) is 0. The van der Waals surface area contributed by atoms with Crippen molar-refractivity contribution in [3.8, 4) is 11.6 Å². The number of nitrogens with zero attached hydrogens (tertiary/aromatic N) is 3. The van der Waals surface area contributed by atoms with E-state index in [-0.39, 0.29) is 5.89 Å². The minimum Gasteiger partial charge on any atom is -0.492 e. The number of aryl methyl sites for hydroxylation is 1. The van der Waals surface area contributed by atoms with Gasteiger partial charge in [0, 0.05) is 6.07 Å². The molecule has 1 aromatic carbocycles. The lowest BCUT2D eigenvalue weighted by Gasteiger charge is -2.08. The average Bonchev–Trinajstić information content (AvgIpc) is 3.19. The second kappa shape index (κ2) is 6.78. The van der Waals surface area contributed by atoms with E-state index in [1.165, 1.54) is 12.5 Å². The number of rotatable bonds is 6. The third-order valence-corrected chi connectivity index (χ3v) is 2.98. The van der Waals surface area contributed by atoms with Crippen LogP contribution in [0, 0.1) is 6.92 Å². The Morgan fingerprint density at radius 2 is 2.13 bits per heavy atom.